The van der Waals surface area contributed by atoms with Gasteiger partial charge in [0.25, 0.3) is 11.5 Å². The third kappa shape index (κ3) is 4.43. The van der Waals surface area contributed by atoms with E-state index in [1.807, 2.05) is 30.3 Å². The second kappa shape index (κ2) is 8.94. The molecule has 144 valence electrons. The summed E-state index contributed by atoms with van der Waals surface area (Å²) in [6.45, 7) is 2.12. The highest BCUT2D eigenvalue weighted by Gasteiger charge is 2.18. The van der Waals surface area contributed by atoms with Crippen LogP contribution in [-0.4, -0.2) is 34.8 Å². The van der Waals surface area contributed by atoms with Gasteiger partial charge in [0.2, 0.25) is 0 Å². The molecule has 0 aliphatic heterocycles. The van der Waals surface area contributed by atoms with E-state index in [1.165, 1.54) is 4.68 Å². The first-order valence-electron chi connectivity index (χ1n) is 9.07. The molecule has 1 heterocycles. The van der Waals surface area contributed by atoms with Crippen molar-refractivity contribution in [1.82, 2.24) is 15.1 Å². The molecule has 1 aromatic heterocycles. The Morgan fingerprint density at radius 2 is 1.71 bits per heavy atom. The van der Waals surface area contributed by atoms with Crippen LogP contribution in [0.2, 0.25) is 0 Å². The van der Waals surface area contributed by atoms with Crippen LogP contribution in [0.25, 0.3) is 10.8 Å². The molecule has 0 radical (unpaired) electrons. The van der Waals surface area contributed by atoms with Crippen LogP contribution in [0, 0.1) is 0 Å². The third-order valence-corrected chi connectivity index (χ3v) is 4.27. The van der Waals surface area contributed by atoms with Crippen molar-refractivity contribution < 1.29 is 14.3 Å². The molecular weight excluding hydrogens is 358 g/mol. The van der Waals surface area contributed by atoms with Crippen molar-refractivity contribution in [3.8, 4) is 0 Å². The molecule has 0 spiro atoms. The molecule has 1 N–H and O–H groups in total. The van der Waals surface area contributed by atoms with E-state index in [9.17, 15) is 14.4 Å². The van der Waals surface area contributed by atoms with Gasteiger partial charge in [-0.25, -0.2) is 9.48 Å². The first kappa shape index (κ1) is 19.3. The Morgan fingerprint density at radius 3 is 2.43 bits per heavy atom. The minimum absolute atomic E-state index is 0.0223. The summed E-state index contributed by atoms with van der Waals surface area (Å²) in [5.74, 6) is -1.13. The maximum absolute atomic E-state index is 12.5. The molecule has 0 aliphatic rings. The molecule has 0 atom stereocenters. The van der Waals surface area contributed by atoms with E-state index in [4.69, 9.17) is 4.74 Å². The molecule has 2 aromatic carbocycles. The number of hydrogen-bond acceptors (Lipinski definition) is 5. The number of rotatable bonds is 7. The monoisotopic (exact) mass is 379 g/mol. The first-order valence-corrected chi connectivity index (χ1v) is 9.07. The Kier molecular flexibility index (Phi) is 6.16. The van der Waals surface area contributed by atoms with Gasteiger partial charge in [0, 0.05) is 18.5 Å². The predicted molar refractivity (Wildman–Crippen MR) is 105 cm³/mol. The van der Waals surface area contributed by atoms with Gasteiger partial charge in [0.05, 0.1) is 5.39 Å². The van der Waals surface area contributed by atoms with Crippen molar-refractivity contribution in [3.63, 3.8) is 0 Å². The van der Waals surface area contributed by atoms with E-state index in [0.29, 0.717) is 30.3 Å². The van der Waals surface area contributed by atoms with Gasteiger partial charge in [0.15, 0.2) is 12.3 Å². The van der Waals surface area contributed by atoms with E-state index in [1.54, 1.807) is 31.2 Å². The molecule has 7 heteroatoms. The summed E-state index contributed by atoms with van der Waals surface area (Å²) in [5.41, 5.74) is 0.861. The SMILES string of the molecule is CCn1nc(C(=O)OCC(=O)NCCc2ccccc2)c2ccccc2c1=O. The first-order chi connectivity index (χ1) is 13.6. The van der Waals surface area contributed by atoms with Gasteiger partial charge in [-0.3, -0.25) is 9.59 Å². The standard InChI is InChI=1S/C21H21N3O4/c1-2-24-20(26)17-11-7-6-10-16(17)19(23-24)21(27)28-14-18(25)22-13-12-15-8-4-3-5-9-15/h3-11H,2,12-14H2,1H3,(H,22,25). The number of hydrogen-bond donors (Lipinski definition) is 1. The maximum Gasteiger partial charge on any atom is 0.359 e. The van der Waals surface area contributed by atoms with Crippen LogP contribution >= 0.6 is 0 Å². The molecule has 3 aromatic rings. The van der Waals surface area contributed by atoms with Crippen molar-refractivity contribution in [1.29, 1.82) is 0 Å². The van der Waals surface area contributed by atoms with Gasteiger partial charge in [0.1, 0.15) is 0 Å². The molecule has 1 amide bonds. The number of aromatic nitrogens is 2. The molecular formula is C21H21N3O4. The molecule has 0 fully saturated rings. The molecule has 0 saturated carbocycles. The third-order valence-electron chi connectivity index (χ3n) is 4.27. The summed E-state index contributed by atoms with van der Waals surface area (Å²) in [4.78, 5) is 36.7. The number of ether oxygens (including phenoxy) is 1. The molecule has 7 nitrogen and oxygen atoms in total. The fraction of sp³-hybridized carbons (Fsp3) is 0.238. The second-order valence-electron chi connectivity index (χ2n) is 6.18. The number of fused-ring (bicyclic) bond motifs is 1. The van der Waals surface area contributed by atoms with Crippen LogP contribution in [0.3, 0.4) is 0 Å². The van der Waals surface area contributed by atoms with Gasteiger partial charge < -0.3 is 10.1 Å². The summed E-state index contributed by atoms with van der Waals surface area (Å²) in [5, 5.41) is 7.61. The van der Waals surface area contributed by atoms with Gasteiger partial charge in [-0.2, -0.15) is 5.10 Å². The number of esters is 1. The van der Waals surface area contributed by atoms with E-state index in [-0.39, 0.29) is 11.3 Å². The lowest BCUT2D eigenvalue weighted by Crippen LogP contribution is -2.31. The lowest BCUT2D eigenvalue weighted by molar-refractivity contribution is -0.124. The van der Waals surface area contributed by atoms with Crippen LogP contribution < -0.4 is 10.9 Å². The number of benzene rings is 2. The number of aryl methyl sites for hydroxylation is 1. The Labute approximate surface area is 161 Å². The fourth-order valence-electron chi connectivity index (χ4n) is 2.84. The van der Waals surface area contributed by atoms with E-state index in [2.05, 4.69) is 10.4 Å². The van der Waals surface area contributed by atoms with Gasteiger partial charge in [-0.05, 0) is 25.0 Å². The van der Waals surface area contributed by atoms with Crippen LogP contribution in [0.5, 0.6) is 0 Å². The fourth-order valence-corrected chi connectivity index (χ4v) is 2.84. The normalized spacial score (nSPS) is 10.6. The zero-order valence-corrected chi connectivity index (χ0v) is 15.6. The Morgan fingerprint density at radius 1 is 1.04 bits per heavy atom. The molecule has 3 rings (SSSR count). The summed E-state index contributed by atoms with van der Waals surface area (Å²) < 4.78 is 6.32. The minimum atomic E-state index is -0.739. The van der Waals surface area contributed by atoms with E-state index in [0.717, 1.165) is 5.56 Å². The molecule has 0 unspecified atom stereocenters. The zero-order valence-electron chi connectivity index (χ0n) is 15.6. The second-order valence-corrected chi connectivity index (χ2v) is 6.18. The van der Waals surface area contributed by atoms with Gasteiger partial charge in [-0.15, -0.1) is 0 Å². The van der Waals surface area contributed by atoms with Crippen molar-refractivity contribution in [3.05, 3.63) is 76.2 Å². The van der Waals surface area contributed by atoms with Crippen molar-refractivity contribution in [2.45, 2.75) is 19.9 Å². The highest BCUT2D eigenvalue weighted by atomic mass is 16.5. The summed E-state index contributed by atoms with van der Waals surface area (Å²) in [7, 11) is 0. The quantitative estimate of drug-likeness (QED) is 0.634. The average Bonchev–Trinajstić information content (AvgIpc) is 2.73. The highest BCUT2D eigenvalue weighted by Crippen LogP contribution is 2.14. The summed E-state index contributed by atoms with van der Waals surface area (Å²) >= 11 is 0. The van der Waals surface area contributed by atoms with Crippen molar-refractivity contribution in [2.24, 2.45) is 0 Å². The van der Waals surface area contributed by atoms with Crippen LogP contribution in [0.15, 0.2) is 59.4 Å². The molecule has 0 saturated heterocycles. The molecule has 0 aliphatic carbocycles. The molecule has 28 heavy (non-hydrogen) atoms. The summed E-state index contributed by atoms with van der Waals surface area (Å²) in [6, 6.07) is 16.5. The summed E-state index contributed by atoms with van der Waals surface area (Å²) in [6.07, 6.45) is 0.689. The van der Waals surface area contributed by atoms with Crippen LogP contribution in [-0.2, 0) is 22.5 Å². The smallest absolute Gasteiger partial charge is 0.359 e. The number of nitrogens with one attached hydrogen (secondary N) is 1. The Balaban J connectivity index is 1.62. The topological polar surface area (TPSA) is 90.3 Å². The average molecular weight is 379 g/mol. The largest absolute Gasteiger partial charge is 0.451 e. The van der Waals surface area contributed by atoms with E-state index < -0.39 is 18.5 Å². The van der Waals surface area contributed by atoms with Crippen molar-refractivity contribution >= 4 is 22.6 Å². The molecule has 0 bridgehead atoms. The van der Waals surface area contributed by atoms with Gasteiger partial charge >= 0.3 is 5.97 Å². The number of nitrogens with zero attached hydrogens (tertiary/aromatic N) is 2. The van der Waals surface area contributed by atoms with Gasteiger partial charge in [-0.1, -0.05) is 48.5 Å². The number of carbonyl (C=O) groups is 2. The van der Waals surface area contributed by atoms with Crippen LogP contribution in [0.1, 0.15) is 23.0 Å². The Hall–Kier alpha value is -3.48. The minimum Gasteiger partial charge on any atom is -0.451 e. The van der Waals surface area contributed by atoms with Crippen molar-refractivity contribution in [2.75, 3.05) is 13.2 Å². The number of carbonyl (C=O) groups excluding carboxylic acids is 2. The lowest BCUT2D eigenvalue weighted by Gasteiger charge is -2.10. The van der Waals surface area contributed by atoms with Crippen LogP contribution in [0.4, 0.5) is 0 Å². The highest BCUT2D eigenvalue weighted by molar-refractivity contribution is 6.02. The zero-order chi connectivity index (χ0) is 19.9. The van der Waals surface area contributed by atoms with E-state index >= 15 is 0 Å². The number of amides is 1. The maximum atomic E-state index is 12.5. The predicted octanol–water partition coefficient (Wildman–Crippen LogP) is 1.93. The Bertz CT molecular complexity index is 1040. The lowest BCUT2D eigenvalue weighted by atomic mass is 10.1.